The number of aromatic hydroxyl groups is 1. The Balaban J connectivity index is 2.59. The molecule has 0 spiro atoms. The summed E-state index contributed by atoms with van der Waals surface area (Å²) < 4.78 is 0. The summed E-state index contributed by atoms with van der Waals surface area (Å²) in [5.41, 5.74) is 0.470. The van der Waals surface area contributed by atoms with E-state index >= 15 is 0 Å². The van der Waals surface area contributed by atoms with Crippen LogP contribution in [0, 0.1) is 0 Å². The van der Waals surface area contributed by atoms with E-state index in [4.69, 9.17) is 5.11 Å². The summed E-state index contributed by atoms with van der Waals surface area (Å²) in [4.78, 5) is 21.9. The fourth-order valence-corrected chi connectivity index (χ4v) is 1.19. The van der Waals surface area contributed by atoms with Crippen LogP contribution < -0.4 is 5.32 Å². The van der Waals surface area contributed by atoms with Crippen molar-refractivity contribution in [2.75, 3.05) is 0 Å². The summed E-state index contributed by atoms with van der Waals surface area (Å²) in [5.74, 6) is -1.50. The number of para-hydroxylation sites is 1. The molecule has 0 heterocycles. The largest absolute Gasteiger partial charge is 0.508 e. The number of nitrogens with one attached hydrogen (secondary N) is 1. The van der Waals surface area contributed by atoms with Crippen LogP contribution in [0.5, 0.6) is 5.75 Å². The zero-order chi connectivity index (χ0) is 12.1. The maximum Gasteiger partial charge on any atom is 0.325 e. The molecular weight excluding hydrogens is 210 g/mol. The van der Waals surface area contributed by atoms with Gasteiger partial charge in [0.2, 0.25) is 5.91 Å². The lowest BCUT2D eigenvalue weighted by Crippen LogP contribution is -2.39. The van der Waals surface area contributed by atoms with Gasteiger partial charge in [-0.15, -0.1) is 0 Å². The predicted octanol–water partition coefficient (Wildman–Crippen LogP) is 0.524. The van der Waals surface area contributed by atoms with E-state index in [9.17, 15) is 14.7 Å². The molecular formula is C11H13NO4. The van der Waals surface area contributed by atoms with Crippen molar-refractivity contribution >= 4 is 11.9 Å². The Labute approximate surface area is 92.7 Å². The second-order valence-electron chi connectivity index (χ2n) is 3.43. The molecule has 1 aromatic rings. The monoisotopic (exact) mass is 223 g/mol. The standard InChI is InChI=1S/C11H13NO4/c1-7(11(15)16)12-10(14)6-8-4-2-3-5-9(8)13/h2-5,7,13H,6H2,1H3,(H,12,14)(H,15,16). The molecule has 0 aliphatic carbocycles. The maximum atomic E-state index is 11.4. The Morgan fingerprint density at radius 1 is 1.38 bits per heavy atom. The molecule has 1 amide bonds. The molecule has 1 aromatic carbocycles. The quantitative estimate of drug-likeness (QED) is 0.694. The fourth-order valence-electron chi connectivity index (χ4n) is 1.19. The highest BCUT2D eigenvalue weighted by Crippen LogP contribution is 2.15. The Morgan fingerprint density at radius 2 is 2.00 bits per heavy atom. The van der Waals surface area contributed by atoms with Crippen LogP contribution in [-0.4, -0.2) is 28.1 Å². The third-order valence-corrected chi connectivity index (χ3v) is 2.09. The van der Waals surface area contributed by atoms with Gasteiger partial charge in [-0.2, -0.15) is 0 Å². The molecule has 1 rings (SSSR count). The average molecular weight is 223 g/mol. The number of carbonyl (C=O) groups excluding carboxylic acids is 1. The van der Waals surface area contributed by atoms with Crippen molar-refractivity contribution in [2.45, 2.75) is 19.4 Å². The molecule has 5 heteroatoms. The average Bonchev–Trinajstić information content (AvgIpc) is 2.21. The number of amides is 1. The zero-order valence-corrected chi connectivity index (χ0v) is 8.80. The summed E-state index contributed by atoms with van der Waals surface area (Å²) in [6.07, 6.45) is -0.0374. The van der Waals surface area contributed by atoms with Gasteiger partial charge in [0.25, 0.3) is 0 Å². The van der Waals surface area contributed by atoms with Gasteiger partial charge in [0.1, 0.15) is 11.8 Å². The summed E-state index contributed by atoms with van der Waals surface area (Å²) in [7, 11) is 0. The summed E-state index contributed by atoms with van der Waals surface area (Å²) >= 11 is 0. The van der Waals surface area contributed by atoms with Crippen LogP contribution in [0.4, 0.5) is 0 Å². The molecule has 0 fully saturated rings. The van der Waals surface area contributed by atoms with Gasteiger partial charge in [-0.05, 0) is 13.0 Å². The molecule has 1 unspecified atom stereocenters. The topological polar surface area (TPSA) is 86.6 Å². The molecule has 1 atom stereocenters. The first-order valence-corrected chi connectivity index (χ1v) is 4.79. The molecule has 0 saturated heterocycles. The number of phenols is 1. The number of rotatable bonds is 4. The van der Waals surface area contributed by atoms with E-state index in [0.29, 0.717) is 5.56 Å². The number of hydrogen-bond acceptors (Lipinski definition) is 3. The SMILES string of the molecule is CC(NC(=O)Cc1ccccc1O)C(=O)O. The molecule has 0 aliphatic heterocycles. The summed E-state index contributed by atoms with van der Waals surface area (Å²) in [6.45, 7) is 1.38. The third-order valence-electron chi connectivity index (χ3n) is 2.09. The van der Waals surface area contributed by atoms with Crippen LogP contribution in [0.1, 0.15) is 12.5 Å². The van der Waals surface area contributed by atoms with E-state index in [0.717, 1.165) is 0 Å². The van der Waals surface area contributed by atoms with Crippen LogP contribution >= 0.6 is 0 Å². The number of aliphatic carboxylic acids is 1. The van der Waals surface area contributed by atoms with Crippen molar-refractivity contribution in [3.63, 3.8) is 0 Å². The van der Waals surface area contributed by atoms with Crippen molar-refractivity contribution in [1.29, 1.82) is 0 Å². The fraction of sp³-hybridized carbons (Fsp3) is 0.273. The normalized spacial score (nSPS) is 11.8. The maximum absolute atomic E-state index is 11.4. The van der Waals surface area contributed by atoms with E-state index in [1.54, 1.807) is 18.2 Å². The van der Waals surface area contributed by atoms with Gasteiger partial charge in [0.05, 0.1) is 6.42 Å². The van der Waals surface area contributed by atoms with Crippen molar-refractivity contribution in [2.24, 2.45) is 0 Å². The zero-order valence-electron chi connectivity index (χ0n) is 8.80. The first-order valence-electron chi connectivity index (χ1n) is 4.79. The van der Waals surface area contributed by atoms with E-state index in [1.807, 2.05) is 0 Å². The van der Waals surface area contributed by atoms with Gasteiger partial charge in [-0.1, -0.05) is 18.2 Å². The Bertz CT molecular complexity index is 403. The molecule has 0 aliphatic rings. The van der Waals surface area contributed by atoms with Crippen LogP contribution in [-0.2, 0) is 16.0 Å². The van der Waals surface area contributed by atoms with E-state index in [2.05, 4.69) is 5.32 Å². The second-order valence-corrected chi connectivity index (χ2v) is 3.43. The number of carbonyl (C=O) groups is 2. The highest BCUT2D eigenvalue weighted by atomic mass is 16.4. The second kappa shape index (κ2) is 5.16. The highest BCUT2D eigenvalue weighted by molar-refractivity contribution is 5.84. The number of hydrogen-bond donors (Lipinski definition) is 3. The van der Waals surface area contributed by atoms with Crippen LogP contribution in [0.2, 0.25) is 0 Å². The minimum atomic E-state index is -1.09. The molecule has 3 N–H and O–H groups in total. The third kappa shape index (κ3) is 3.27. The molecule has 0 radical (unpaired) electrons. The molecule has 0 aromatic heterocycles. The van der Waals surface area contributed by atoms with E-state index < -0.39 is 17.9 Å². The van der Waals surface area contributed by atoms with Gasteiger partial charge in [0.15, 0.2) is 0 Å². The first-order chi connectivity index (χ1) is 7.50. The van der Waals surface area contributed by atoms with Gasteiger partial charge in [0, 0.05) is 5.56 Å². The van der Waals surface area contributed by atoms with Crippen molar-refractivity contribution in [3.8, 4) is 5.75 Å². The molecule has 5 nitrogen and oxygen atoms in total. The minimum absolute atomic E-state index is 0.0284. The highest BCUT2D eigenvalue weighted by Gasteiger charge is 2.14. The minimum Gasteiger partial charge on any atom is -0.508 e. The lowest BCUT2D eigenvalue weighted by molar-refractivity contribution is -0.141. The van der Waals surface area contributed by atoms with E-state index in [-0.39, 0.29) is 12.2 Å². The molecule has 0 saturated carbocycles. The molecule has 0 bridgehead atoms. The van der Waals surface area contributed by atoms with Crippen LogP contribution in [0.3, 0.4) is 0 Å². The van der Waals surface area contributed by atoms with Gasteiger partial charge in [-0.3, -0.25) is 9.59 Å². The van der Waals surface area contributed by atoms with Gasteiger partial charge in [-0.25, -0.2) is 0 Å². The first kappa shape index (κ1) is 12.0. The molecule has 16 heavy (non-hydrogen) atoms. The number of benzene rings is 1. The van der Waals surface area contributed by atoms with Crippen LogP contribution in [0.25, 0.3) is 0 Å². The summed E-state index contributed by atoms with van der Waals surface area (Å²) in [6, 6.07) is 5.50. The van der Waals surface area contributed by atoms with Crippen molar-refractivity contribution < 1.29 is 19.8 Å². The Kier molecular flexibility index (Phi) is 3.88. The van der Waals surface area contributed by atoms with E-state index in [1.165, 1.54) is 13.0 Å². The number of phenolic OH excluding ortho intramolecular Hbond substituents is 1. The van der Waals surface area contributed by atoms with Crippen LogP contribution in [0.15, 0.2) is 24.3 Å². The Morgan fingerprint density at radius 3 is 2.56 bits per heavy atom. The smallest absolute Gasteiger partial charge is 0.325 e. The lowest BCUT2D eigenvalue weighted by atomic mass is 10.1. The molecule has 86 valence electrons. The summed E-state index contributed by atoms with van der Waals surface area (Å²) in [5, 5.41) is 20.3. The van der Waals surface area contributed by atoms with Gasteiger partial charge >= 0.3 is 5.97 Å². The lowest BCUT2D eigenvalue weighted by Gasteiger charge is -2.09. The van der Waals surface area contributed by atoms with Gasteiger partial charge < -0.3 is 15.5 Å². The number of carboxylic acid groups (broad SMARTS) is 1. The Hall–Kier alpha value is -2.04. The predicted molar refractivity (Wildman–Crippen MR) is 57.1 cm³/mol. The van der Waals surface area contributed by atoms with Crippen molar-refractivity contribution in [1.82, 2.24) is 5.32 Å². The number of carboxylic acids is 1. The van der Waals surface area contributed by atoms with Crippen molar-refractivity contribution in [3.05, 3.63) is 29.8 Å².